The van der Waals surface area contributed by atoms with Crippen LogP contribution >= 0.6 is 0 Å². The fraction of sp³-hybridized carbons (Fsp3) is 1.00. The average molecular weight is 230 g/mol. The smallest absolute Gasteiger partial charge is 0.201 e. The molecule has 0 bridgehead atoms. The van der Waals surface area contributed by atoms with Crippen molar-refractivity contribution < 1.29 is 0 Å². The lowest BCUT2D eigenvalue weighted by Gasteiger charge is -2.36. The Morgan fingerprint density at radius 1 is 0.800 bits per heavy atom. The third kappa shape index (κ3) is 6.33. The van der Waals surface area contributed by atoms with E-state index in [9.17, 15) is 0 Å². The number of rotatable bonds is 8. The van der Waals surface area contributed by atoms with Crippen molar-refractivity contribution in [3.63, 3.8) is 0 Å². The molecule has 0 radical (unpaired) electrons. The lowest BCUT2D eigenvalue weighted by atomic mass is 10.4. The minimum Gasteiger partial charge on any atom is -0.323 e. The van der Waals surface area contributed by atoms with Gasteiger partial charge in [0.05, 0.1) is 0 Å². The quantitative estimate of drug-likeness (QED) is 0.626. The molecule has 0 unspecified atom stereocenters. The Morgan fingerprint density at radius 2 is 1.13 bits per heavy atom. The first-order valence-corrected chi connectivity index (χ1v) is 8.92. The Morgan fingerprint density at radius 3 is 1.33 bits per heavy atom. The highest BCUT2D eigenvalue weighted by Gasteiger charge is 2.32. The van der Waals surface area contributed by atoms with Gasteiger partial charge >= 0.3 is 0 Å². The summed E-state index contributed by atoms with van der Waals surface area (Å²) in [5, 5.41) is 0. The molecule has 0 fully saturated rings. The molecule has 0 rings (SSSR count). The second kappa shape index (κ2) is 7.42. The molecule has 0 atom stereocenters. The van der Waals surface area contributed by atoms with Crippen LogP contribution in [0.2, 0.25) is 12.1 Å². The van der Waals surface area contributed by atoms with Crippen LogP contribution in [-0.4, -0.2) is 20.5 Å². The molecular weight excluding hydrogens is 200 g/mol. The first-order chi connectivity index (χ1) is 6.95. The van der Waals surface area contributed by atoms with Gasteiger partial charge < -0.3 is 9.96 Å². The molecule has 0 aliphatic carbocycles. The van der Waals surface area contributed by atoms with Gasteiger partial charge in [-0.05, 0) is 24.2 Å². The molecule has 3 heteroatoms. The van der Waals surface area contributed by atoms with Gasteiger partial charge in [-0.25, -0.2) is 0 Å². The fourth-order valence-electron chi connectivity index (χ4n) is 2.41. The van der Waals surface area contributed by atoms with Crippen molar-refractivity contribution in [2.24, 2.45) is 0 Å². The summed E-state index contributed by atoms with van der Waals surface area (Å²) in [6.45, 7) is 13.6. The summed E-state index contributed by atoms with van der Waals surface area (Å²) in [5.41, 5.74) is 0. The maximum atomic E-state index is 3.85. The van der Waals surface area contributed by atoms with E-state index in [1.54, 1.807) is 0 Å². The predicted octanol–water partition coefficient (Wildman–Crippen LogP) is 3.24. The summed E-state index contributed by atoms with van der Waals surface area (Å²) in [4.78, 5) is 7.71. The SMILES string of the molecule is CCC[Si](CCC)(NC(C)C)NC(C)C. The van der Waals surface area contributed by atoms with E-state index in [2.05, 4.69) is 51.5 Å². The van der Waals surface area contributed by atoms with Crippen LogP contribution in [0.25, 0.3) is 0 Å². The zero-order valence-corrected chi connectivity index (χ0v) is 12.5. The summed E-state index contributed by atoms with van der Waals surface area (Å²) in [6.07, 6.45) is 2.57. The van der Waals surface area contributed by atoms with Gasteiger partial charge in [-0.15, -0.1) is 0 Å². The van der Waals surface area contributed by atoms with Crippen LogP contribution in [0.3, 0.4) is 0 Å². The predicted molar refractivity (Wildman–Crippen MR) is 72.5 cm³/mol. The molecule has 2 N–H and O–H groups in total. The van der Waals surface area contributed by atoms with E-state index >= 15 is 0 Å². The molecule has 0 amide bonds. The van der Waals surface area contributed by atoms with Crippen molar-refractivity contribution in [2.45, 2.75) is 78.6 Å². The Bertz CT molecular complexity index is 140. The van der Waals surface area contributed by atoms with Gasteiger partial charge in [0.2, 0.25) is 8.40 Å². The molecule has 15 heavy (non-hydrogen) atoms. The first kappa shape index (κ1) is 15.1. The first-order valence-electron chi connectivity index (χ1n) is 6.51. The van der Waals surface area contributed by atoms with Gasteiger partial charge in [-0.3, -0.25) is 0 Å². The fourth-order valence-corrected chi connectivity index (χ4v) is 7.24. The molecule has 0 aromatic carbocycles. The van der Waals surface area contributed by atoms with Gasteiger partial charge in [0, 0.05) is 0 Å². The van der Waals surface area contributed by atoms with E-state index in [0.717, 1.165) is 0 Å². The van der Waals surface area contributed by atoms with Crippen molar-refractivity contribution >= 4 is 8.40 Å². The maximum Gasteiger partial charge on any atom is 0.201 e. The summed E-state index contributed by atoms with van der Waals surface area (Å²) in [5.74, 6) is 0. The Labute approximate surface area is 97.4 Å². The normalized spacial score (nSPS) is 12.8. The molecule has 0 aliphatic rings. The van der Waals surface area contributed by atoms with E-state index in [1.165, 1.54) is 24.9 Å². The third-order valence-corrected chi connectivity index (χ3v) is 7.45. The highest BCUT2D eigenvalue weighted by Crippen LogP contribution is 2.15. The van der Waals surface area contributed by atoms with Crippen LogP contribution in [0, 0.1) is 0 Å². The molecule has 0 saturated carbocycles. The van der Waals surface area contributed by atoms with Crippen molar-refractivity contribution in [3.8, 4) is 0 Å². The number of nitrogens with one attached hydrogen (secondary N) is 2. The van der Waals surface area contributed by atoms with Gasteiger partial charge in [-0.1, -0.05) is 54.4 Å². The van der Waals surface area contributed by atoms with Crippen LogP contribution in [0.4, 0.5) is 0 Å². The van der Waals surface area contributed by atoms with Gasteiger partial charge in [0.25, 0.3) is 0 Å². The van der Waals surface area contributed by atoms with Crippen molar-refractivity contribution in [1.82, 2.24) is 9.96 Å². The van der Waals surface area contributed by atoms with Crippen molar-refractivity contribution in [2.75, 3.05) is 0 Å². The minimum absolute atomic E-state index is 0.598. The van der Waals surface area contributed by atoms with Gasteiger partial charge in [0.15, 0.2) is 0 Å². The minimum atomic E-state index is -1.42. The van der Waals surface area contributed by atoms with E-state index in [1.807, 2.05) is 0 Å². The molecular formula is C12H30N2Si. The van der Waals surface area contributed by atoms with E-state index in [4.69, 9.17) is 0 Å². The van der Waals surface area contributed by atoms with Crippen LogP contribution in [0.15, 0.2) is 0 Å². The van der Waals surface area contributed by atoms with Crippen LogP contribution in [0.1, 0.15) is 54.4 Å². The maximum absolute atomic E-state index is 3.85. The molecule has 2 nitrogen and oxygen atoms in total. The Hall–Kier alpha value is 0.137. The van der Waals surface area contributed by atoms with E-state index in [0.29, 0.717) is 12.1 Å². The third-order valence-electron chi connectivity index (χ3n) is 2.48. The lowest BCUT2D eigenvalue weighted by Crippen LogP contribution is -2.65. The average Bonchev–Trinajstić information content (AvgIpc) is 2.01. The topological polar surface area (TPSA) is 24.1 Å². The molecule has 0 aromatic heterocycles. The monoisotopic (exact) mass is 230 g/mol. The zero-order valence-electron chi connectivity index (χ0n) is 11.5. The largest absolute Gasteiger partial charge is 0.323 e. The van der Waals surface area contributed by atoms with Crippen LogP contribution < -0.4 is 9.96 Å². The molecule has 0 heterocycles. The highest BCUT2D eigenvalue weighted by atomic mass is 28.3. The summed E-state index contributed by atoms with van der Waals surface area (Å²) in [6, 6.07) is 3.89. The van der Waals surface area contributed by atoms with Gasteiger partial charge in [0.1, 0.15) is 0 Å². The summed E-state index contributed by atoms with van der Waals surface area (Å²) >= 11 is 0. The number of hydrogen-bond donors (Lipinski definition) is 2. The highest BCUT2D eigenvalue weighted by molar-refractivity contribution is 6.75. The Kier molecular flexibility index (Phi) is 7.48. The second-order valence-corrected chi connectivity index (χ2v) is 8.92. The number of hydrogen-bond acceptors (Lipinski definition) is 2. The van der Waals surface area contributed by atoms with Crippen LogP contribution in [0.5, 0.6) is 0 Å². The molecule has 0 saturated heterocycles. The van der Waals surface area contributed by atoms with Crippen molar-refractivity contribution in [1.29, 1.82) is 0 Å². The zero-order chi connectivity index (χ0) is 11.9. The standard InChI is InChI=1S/C12H30N2Si/c1-7-9-15(10-8-2,13-11(3)4)14-12(5)6/h11-14H,7-10H2,1-6H3. The Balaban J connectivity index is 4.55. The molecule has 0 aliphatic heterocycles. The van der Waals surface area contributed by atoms with Crippen molar-refractivity contribution in [3.05, 3.63) is 0 Å². The summed E-state index contributed by atoms with van der Waals surface area (Å²) < 4.78 is 0. The molecule has 92 valence electrons. The second-order valence-electron chi connectivity index (χ2n) is 5.18. The molecule has 0 spiro atoms. The van der Waals surface area contributed by atoms with Gasteiger partial charge in [-0.2, -0.15) is 0 Å². The van der Waals surface area contributed by atoms with E-state index < -0.39 is 8.40 Å². The molecule has 0 aromatic rings. The van der Waals surface area contributed by atoms with E-state index in [-0.39, 0.29) is 0 Å². The van der Waals surface area contributed by atoms with Crippen LogP contribution in [-0.2, 0) is 0 Å². The lowest BCUT2D eigenvalue weighted by molar-refractivity contribution is 0.639. The summed E-state index contributed by atoms with van der Waals surface area (Å²) in [7, 11) is -1.42.